The maximum absolute atomic E-state index is 11.5. The highest BCUT2D eigenvalue weighted by Crippen LogP contribution is 2.11. The summed E-state index contributed by atoms with van der Waals surface area (Å²) in [7, 11) is 0. The molecule has 0 aliphatic carbocycles. The summed E-state index contributed by atoms with van der Waals surface area (Å²) in [6, 6.07) is 3.06. The third-order valence-corrected chi connectivity index (χ3v) is 1.68. The number of pyridine rings is 1. The van der Waals surface area contributed by atoms with E-state index >= 15 is 0 Å². The molecule has 0 radical (unpaired) electrons. The first-order chi connectivity index (χ1) is 8.08. The Kier molecular flexibility index (Phi) is 2.99. The molecule has 88 valence electrons. The van der Waals surface area contributed by atoms with Gasteiger partial charge in [-0.25, -0.2) is 9.78 Å². The van der Waals surface area contributed by atoms with Crippen LogP contribution in [0.2, 0.25) is 0 Å². The van der Waals surface area contributed by atoms with Crippen molar-refractivity contribution in [2.45, 2.75) is 39.7 Å². The van der Waals surface area contributed by atoms with E-state index in [1.54, 1.807) is 26.8 Å². The smallest absolute Gasteiger partial charge is 0.413 e. The zero-order valence-corrected chi connectivity index (χ0v) is 10.00. The summed E-state index contributed by atoms with van der Waals surface area (Å²) in [5, 5.41) is 2.47. The quantitative estimate of drug-likeness (QED) is 0.840. The van der Waals surface area contributed by atoms with Gasteiger partial charge in [0.25, 0.3) is 0 Å². The van der Waals surface area contributed by atoms with Crippen LogP contribution in [-0.4, -0.2) is 16.7 Å². The molecule has 4 heteroatoms. The fourth-order valence-electron chi connectivity index (χ4n) is 1.06. The van der Waals surface area contributed by atoms with Gasteiger partial charge in [0.05, 0.1) is 0 Å². The summed E-state index contributed by atoms with van der Waals surface area (Å²) in [6.45, 7) is 6.74. The fraction of sp³-hybridized carbons (Fsp3) is 0.500. The minimum atomic E-state index is -1.48. The second-order valence-electron chi connectivity index (χ2n) is 4.31. The second kappa shape index (κ2) is 4.96. The first kappa shape index (κ1) is 9.63. The molecule has 1 amide bonds. The molecular formula is C12H18N2O2. The number of hydrogen-bond acceptors (Lipinski definition) is 3. The highest BCUT2D eigenvalue weighted by Gasteiger charge is 2.16. The van der Waals surface area contributed by atoms with Gasteiger partial charge in [0.2, 0.25) is 0 Å². The Labute approximate surface area is 98.8 Å². The molecule has 0 aliphatic rings. The summed E-state index contributed by atoms with van der Waals surface area (Å²) in [6.07, 6.45) is -0.639. The lowest BCUT2D eigenvalue weighted by molar-refractivity contribution is 0.0635. The number of amides is 1. The van der Waals surface area contributed by atoms with Gasteiger partial charge in [-0.05, 0) is 44.8 Å². The predicted octanol–water partition coefficient (Wildman–Crippen LogP) is 2.99. The monoisotopic (exact) mass is 224 g/mol. The molecule has 1 aromatic rings. The van der Waals surface area contributed by atoms with E-state index in [0.29, 0.717) is 5.56 Å². The number of aryl methyl sites for hydroxylation is 1. The first-order valence-electron chi connectivity index (χ1n) is 6.04. The molecule has 0 aliphatic heterocycles. The minimum absolute atomic E-state index is 0.271. The molecule has 0 spiro atoms. The van der Waals surface area contributed by atoms with E-state index < -0.39 is 18.1 Å². The third-order valence-electron chi connectivity index (χ3n) is 1.68. The average molecular weight is 224 g/mol. The van der Waals surface area contributed by atoms with Gasteiger partial charge < -0.3 is 4.74 Å². The molecule has 16 heavy (non-hydrogen) atoms. The van der Waals surface area contributed by atoms with Crippen molar-refractivity contribution in [2.24, 2.45) is 0 Å². The minimum Gasteiger partial charge on any atom is -0.444 e. The van der Waals surface area contributed by atoms with Gasteiger partial charge in [-0.3, -0.25) is 5.32 Å². The number of carbonyl (C=O) groups is 1. The number of carbonyl (C=O) groups excluding carboxylic acids is 1. The Morgan fingerprint density at radius 3 is 2.88 bits per heavy atom. The van der Waals surface area contributed by atoms with Crippen LogP contribution in [0.25, 0.3) is 0 Å². The van der Waals surface area contributed by atoms with Gasteiger partial charge >= 0.3 is 6.09 Å². The van der Waals surface area contributed by atoms with E-state index in [1.165, 1.54) is 19.2 Å². The summed E-state index contributed by atoms with van der Waals surface area (Å²) < 4.78 is 20.3. The van der Waals surface area contributed by atoms with E-state index in [0.717, 1.165) is 0 Å². The zero-order valence-electron chi connectivity index (χ0n) is 12.0. The Morgan fingerprint density at radius 2 is 2.31 bits per heavy atom. The van der Waals surface area contributed by atoms with Gasteiger partial charge in [0, 0.05) is 8.94 Å². The Bertz CT molecular complexity index is 436. The fourth-order valence-corrected chi connectivity index (χ4v) is 1.06. The van der Waals surface area contributed by atoms with Gasteiger partial charge in [-0.15, -0.1) is 0 Å². The van der Waals surface area contributed by atoms with Crippen molar-refractivity contribution >= 4 is 11.9 Å². The molecule has 4 nitrogen and oxygen atoms in total. The molecule has 1 aromatic heterocycles. The van der Waals surface area contributed by atoms with E-state index in [2.05, 4.69) is 10.3 Å². The van der Waals surface area contributed by atoms with Gasteiger partial charge in [0.1, 0.15) is 11.4 Å². The van der Waals surface area contributed by atoms with E-state index in [4.69, 9.17) is 7.48 Å². The van der Waals surface area contributed by atoms with Crippen LogP contribution in [0, 0.1) is 0 Å². The van der Waals surface area contributed by atoms with Crippen molar-refractivity contribution in [2.75, 3.05) is 5.32 Å². The molecule has 1 rings (SSSR count). The maximum atomic E-state index is 11.5. The molecule has 1 N–H and O–H groups in total. The SMILES string of the molecule is [2H]C([2H])(C)c1ccnc(NC(=O)OC(C)(C)C)c1. The first-order valence-corrected chi connectivity index (χ1v) is 5.04. The van der Waals surface area contributed by atoms with Crippen molar-refractivity contribution in [1.82, 2.24) is 4.98 Å². The topological polar surface area (TPSA) is 51.2 Å². The van der Waals surface area contributed by atoms with Crippen molar-refractivity contribution in [3.63, 3.8) is 0 Å². The summed E-state index contributed by atoms with van der Waals surface area (Å²) in [5.74, 6) is 0.271. The summed E-state index contributed by atoms with van der Waals surface area (Å²) >= 11 is 0. The van der Waals surface area contributed by atoms with Crippen LogP contribution < -0.4 is 5.32 Å². The van der Waals surface area contributed by atoms with E-state index in [9.17, 15) is 4.79 Å². The predicted molar refractivity (Wildman–Crippen MR) is 63.5 cm³/mol. The zero-order chi connectivity index (χ0) is 14.0. The number of hydrogen-bond donors (Lipinski definition) is 1. The Morgan fingerprint density at radius 1 is 1.62 bits per heavy atom. The van der Waals surface area contributed by atoms with Crippen LogP contribution >= 0.6 is 0 Å². The number of aromatic nitrogens is 1. The largest absolute Gasteiger partial charge is 0.444 e. The summed E-state index contributed by atoms with van der Waals surface area (Å²) in [4.78, 5) is 15.5. The molecule has 0 saturated heterocycles. The normalized spacial score (nSPS) is 13.8. The van der Waals surface area contributed by atoms with Gasteiger partial charge in [0.15, 0.2) is 0 Å². The van der Waals surface area contributed by atoms with Crippen LogP contribution in [0.1, 0.15) is 36.0 Å². The number of anilines is 1. The second-order valence-corrected chi connectivity index (χ2v) is 4.31. The molecule has 0 unspecified atom stereocenters. The lowest BCUT2D eigenvalue weighted by Gasteiger charge is -2.19. The van der Waals surface area contributed by atoms with Gasteiger partial charge in [-0.2, -0.15) is 0 Å². The molecule has 0 bridgehead atoms. The maximum Gasteiger partial charge on any atom is 0.413 e. The molecule has 0 saturated carbocycles. The number of nitrogens with zero attached hydrogens (tertiary/aromatic N) is 1. The molecular weight excluding hydrogens is 204 g/mol. The van der Waals surface area contributed by atoms with Crippen molar-refractivity contribution in [3.05, 3.63) is 23.9 Å². The van der Waals surface area contributed by atoms with Crippen LogP contribution in [0.3, 0.4) is 0 Å². The van der Waals surface area contributed by atoms with E-state index in [-0.39, 0.29) is 5.82 Å². The van der Waals surface area contributed by atoms with E-state index in [1.807, 2.05) is 0 Å². The van der Waals surface area contributed by atoms with Gasteiger partial charge in [-0.1, -0.05) is 6.92 Å². The van der Waals surface area contributed by atoms with Crippen LogP contribution in [0.15, 0.2) is 18.3 Å². The highest BCUT2D eigenvalue weighted by atomic mass is 16.6. The van der Waals surface area contributed by atoms with Crippen LogP contribution in [-0.2, 0) is 11.1 Å². The lowest BCUT2D eigenvalue weighted by Crippen LogP contribution is -2.27. The average Bonchev–Trinajstić information content (AvgIpc) is 2.13. The Hall–Kier alpha value is -1.58. The third kappa shape index (κ3) is 4.29. The highest BCUT2D eigenvalue weighted by molar-refractivity contribution is 5.83. The number of rotatable bonds is 2. The van der Waals surface area contributed by atoms with Crippen LogP contribution in [0.4, 0.5) is 10.6 Å². The lowest BCUT2D eigenvalue weighted by atomic mass is 10.2. The molecule has 0 fully saturated rings. The summed E-state index contributed by atoms with van der Waals surface area (Å²) in [5.41, 5.74) is -0.135. The molecule has 0 atom stereocenters. The molecule has 0 aromatic carbocycles. The van der Waals surface area contributed by atoms with Crippen molar-refractivity contribution < 1.29 is 12.3 Å². The van der Waals surface area contributed by atoms with Crippen molar-refractivity contribution in [3.8, 4) is 0 Å². The van der Waals surface area contributed by atoms with Crippen LogP contribution in [0.5, 0.6) is 0 Å². The van der Waals surface area contributed by atoms with Crippen molar-refractivity contribution in [1.29, 1.82) is 0 Å². The molecule has 1 heterocycles. The number of nitrogens with one attached hydrogen (secondary N) is 1. The number of ether oxygens (including phenoxy) is 1. The Balaban J connectivity index is 2.77. The standard InChI is InChI=1S/C12H18N2O2/c1-5-9-6-7-13-10(8-9)14-11(15)16-12(2,3)4/h6-8H,5H2,1-4H3,(H,13,14,15)/i5D2.